The van der Waals surface area contributed by atoms with Crippen molar-refractivity contribution in [3.8, 4) is 5.75 Å². The molecule has 0 saturated carbocycles. The van der Waals surface area contributed by atoms with Gasteiger partial charge in [0.05, 0.1) is 0 Å². The number of rotatable bonds is 0. The Balaban J connectivity index is 2.60. The normalized spacial score (nSPS) is 21.0. The van der Waals surface area contributed by atoms with E-state index in [1.807, 2.05) is 0 Å². The van der Waals surface area contributed by atoms with Gasteiger partial charge in [0.2, 0.25) is 0 Å². The van der Waals surface area contributed by atoms with Gasteiger partial charge in [0.25, 0.3) is 0 Å². The fourth-order valence-electron chi connectivity index (χ4n) is 1.68. The summed E-state index contributed by atoms with van der Waals surface area (Å²) in [7, 11) is 0. The molecule has 0 fully saturated rings. The molecule has 0 heterocycles. The summed E-state index contributed by atoms with van der Waals surface area (Å²) in [5.41, 5.74) is 7.14. The van der Waals surface area contributed by atoms with Gasteiger partial charge < -0.3 is 10.8 Å². The monoisotopic (exact) mass is 167 g/mol. The van der Waals surface area contributed by atoms with E-state index in [9.17, 15) is 4.39 Å². The Morgan fingerprint density at radius 1 is 1.50 bits per heavy atom. The molecule has 0 saturated heterocycles. The van der Waals surface area contributed by atoms with Crippen molar-refractivity contribution in [2.75, 3.05) is 0 Å². The Bertz CT molecular complexity index is 325. The molecule has 2 nitrogen and oxygen atoms in total. The zero-order valence-corrected chi connectivity index (χ0v) is 6.55. The van der Waals surface area contributed by atoms with Crippen LogP contribution in [0.3, 0.4) is 0 Å². The maximum absolute atomic E-state index is 13.2. The van der Waals surface area contributed by atoms with Gasteiger partial charge in [-0.25, -0.2) is 4.39 Å². The van der Waals surface area contributed by atoms with Crippen molar-refractivity contribution >= 4 is 0 Å². The third-order valence-electron chi connectivity index (χ3n) is 2.36. The highest BCUT2D eigenvalue weighted by Crippen LogP contribution is 2.34. The first-order valence-electron chi connectivity index (χ1n) is 3.96. The molecule has 12 heavy (non-hydrogen) atoms. The van der Waals surface area contributed by atoms with Crippen molar-refractivity contribution < 1.29 is 9.50 Å². The van der Waals surface area contributed by atoms with Gasteiger partial charge in [-0.3, -0.25) is 0 Å². The van der Waals surface area contributed by atoms with E-state index in [-0.39, 0.29) is 11.8 Å². The van der Waals surface area contributed by atoms with Crippen LogP contribution in [-0.4, -0.2) is 5.11 Å². The summed E-state index contributed by atoms with van der Waals surface area (Å²) in [5.74, 6) is -0.775. The number of hydrogen-bond donors (Lipinski definition) is 2. The van der Waals surface area contributed by atoms with E-state index in [1.165, 1.54) is 6.07 Å². The SMILES string of the molecule is N[C@H]1CCc2c1ccc(O)c2F. The topological polar surface area (TPSA) is 46.2 Å². The third-order valence-corrected chi connectivity index (χ3v) is 2.36. The molecule has 0 aliphatic heterocycles. The van der Waals surface area contributed by atoms with Gasteiger partial charge in [0, 0.05) is 6.04 Å². The fourth-order valence-corrected chi connectivity index (χ4v) is 1.68. The molecule has 0 aromatic heterocycles. The summed E-state index contributed by atoms with van der Waals surface area (Å²) >= 11 is 0. The predicted molar refractivity (Wildman–Crippen MR) is 43.3 cm³/mol. The second-order valence-corrected chi connectivity index (χ2v) is 3.11. The maximum Gasteiger partial charge on any atom is 0.168 e. The summed E-state index contributed by atoms with van der Waals surface area (Å²) in [5, 5.41) is 9.05. The Kier molecular flexibility index (Phi) is 1.54. The van der Waals surface area contributed by atoms with Crippen LogP contribution in [0.1, 0.15) is 23.6 Å². The first kappa shape index (κ1) is 7.55. The lowest BCUT2D eigenvalue weighted by atomic mass is 10.1. The van der Waals surface area contributed by atoms with Crippen molar-refractivity contribution in [3.05, 3.63) is 29.1 Å². The van der Waals surface area contributed by atoms with Gasteiger partial charge in [0.15, 0.2) is 11.6 Å². The molecule has 0 unspecified atom stereocenters. The number of aromatic hydroxyl groups is 1. The highest BCUT2D eigenvalue weighted by Gasteiger charge is 2.23. The van der Waals surface area contributed by atoms with Crippen LogP contribution in [0.15, 0.2) is 12.1 Å². The van der Waals surface area contributed by atoms with E-state index in [0.717, 1.165) is 12.0 Å². The van der Waals surface area contributed by atoms with E-state index in [4.69, 9.17) is 10.8 Å². The molecule has 3 heteroatoms. The Hall–Kier alpha value is -1.09. The second-order valence-electron chi connectivity index (χ2n) is 3.11. The smallest absolute Gasteiger partial charge is 0.168 e. The molecule has 0 spiro atoms. The summed E-state index contributed by atoms with van der Waals surface area (Å²) in [6.07, 6.45) is 1.41. The standard InChI is InChI=1S/C9H10FNO/c10-9-6-1-3-7(11)5(6)2-4-8(9)12/h2,4,7,12H,1,3,11H2/t7-/m0/s1. The fraction of sp³-hybridized carbons (Fsp3) is 0.333. The molecule has 1 aromatic carbocycles. The van der Waals surface area contributed by atoms with E-state index in [1.54, 1.807) is 6.07 Å². The minimum atomic E-state index is -0.500. The average molecular weight is 167 g/mol. The molecule has 0 radical (unpaired) electrons. The van der Waals surface area contributed by atoms with Crippen LogP contribution in [0.25, 0.3) is 0 Å². The lowest BCUT2D eigenvalue weighted by molar-refractivity contribution is 0.429. The third kappa shape index (κ3) is 0.898. The molecule has 1 atom stereocenters. The molecular weight excluding hydrogens is 157 g/mol. The van der Waals surface area contributed by atoms with Gasteiger partial charge >= 0.3 is 0 Å². The quantitative estimate of drug-likeness (QED) is 0.614. The number of hydrogen-bond acceptors (Lipinski definition) is 2. The molecule has 1 aliphatic carbocycles. The summed E-state index contributed by atoms with van der Waals surface area (Å²) in [4.78, 5) is 0. The molecule has 3 N–H and O–H groups in total. The van der Waals surface area contributed by atoms with Crippen molar-refractivity contribution in [2.24, 2.45) is 5.73 Å². The van der Waals surface area contributed by atoms with Crippen molar-refractivity contribution in [2.45, 2.75) is 18.9 Å². The molecule has 0 amide bonds. The zero-order chi connectivity index (χ0) is 8.72. The first-order chi connectivity index (χ1) is 5.70. The van der Waals surface area contributed by atoms with Crippen LogP contribution in [-0.2, 0) is 6.42 Å². The van der Waals surface area contributed by atoms with Crippen LogP contribution >= 0.6 is 0 Å². The second kappa shape index (κ2) is 2.45. The Morgan fingerprint density at radius 3 is 3.00 bits per heavy atom. The zero-order valence-electron chi connectivity index (χ0n) is 6.55. The van der Waals surface area contributed by atoms with Gasteiger partial charge in [-0.1, -0.05) is 6.07 Å². The minimum absolute atomic E-state index is 0.0601. The average Bonchev–Trinajstić information content (AvgIpc) is 2.41. The number of benzene rings is 1. The van der Waals surface area contributed by atoms with E-state index in [2.05, 4.69) is 0 Å². The number of fused-ring (bicyclic) bond motifs is 1. The molecule has 1 aromatic rings. The van der Waals surface area contributed by atoms with E-state index < -0.39 is 5.82 Å². The number of nitrogens with two attached hydrogens (primary N) is 1. The van der Waals surface area contributed by atoms with Crippen molar-refractivity contribution in [1.29, 1.82) is 0 Å². The molecule has 64 valence electrons. The Labute approximate surface area is 69.8 Å². The Morgan fingerprint density at radius 2 is 2.25 bits per heavy atom. The first-order valence-corrected chi connectivity index (χ1v) is 3.96. The van der Waals surface area contributed by atoms with E-state index >= 15 is 0 Å². The van der Waals surface area contributed by atoms with Gasteiger partial charge in [-0.05, 0) is 30.0 Å². The van der Waals surface area contributed by atoms with Crippen LogP contribution in [0, 0.1) is 5.82 Å². The summed E-state index contributed by atoms with van der Waals surface area (Å²) < 4.78 is 13.2. The maximum atomic E-state index is 13.2. The van der Waals surface area contributed by atoms with Crippen LogP contribution in [0.5, 0.6) is 5.75 Å². The largest absolute Gasteiger partial charge is 0.505 e. The van der Waals surface area contributed by atoms with E-state index in [0.29, 0.717) is 12.0 Å². The van der Waals surface area contributed by atoms with Gasteiger partial charge in [-0.15, -0.1) is 0 Å². The van der Waals surface area contributed by atoms with Gasteiger partial charge in [0.1, 0.15) is 0 Å². The summed E-state index contributed by atoms with van der Waals surface area (Å²) in [6.45, 7) is 0. The number of halogens is 1. The van der Waals surface area contributed by atoms with Crippen molar-refractivity contribution in [3.63, 3.8) is 0 Å². The molecule has 0 bridgehead atoms. The highest BCUT2D eigenvalue weighted by atomic mass is 19.1. The minimum Gasteiger partial charge on any atom is -0.505 e. The molecular formula is C9H10FNO. The van der Waals surface area contributed by atoms with Gasteiger partial charge in [-0.2, -0.15) is 0 Å². The molecule has 2 rings (SSSR count). The van der Waals surface area contributed by atoms with Crippen molar-refractivity contribution in [1.82, 2.24) is 0 Å². The number of phenolic OH excluding ortho intramolecular Hbond substituents is 1. The number of phenols is 1. The summed E-state index contributed by atoms with van der Waals surface area (Å²) in [6, 6.07) is 3.00. The molecule has 1 aliphatic rings. The van der Waals surface area contributed by atoms with Crippen LogP contribution in [0.4, 0.5) is 4.39 Å². The van der Waals surface area contributed by atoms with Crippen LogP contribution < -0.4 is 5.73 Å². The highest BCUT2D eigenvalue weighted by molar-refractivity contribution is 5.41. The lowest BCUT2D eigenvalue weighted by Gasteiger charge is -2.05. The lowest BCUT2D eigenvalue weighted by Crippen LogP contribution is -2.05. The predicted octanol–water partition coefficient (Wildman–Crippen LogP) is 1.48. The van der Waals surface area contributed by atoms with Crippen LogP contribution in [0.2, 0.25) is 0 Å².